The lowest BCUT2D eigenvalue weighted by Gasteiger charge is -2.07. The van der Waals surface area contributed by atoms with E-state index in [4.69, 9.17) is 4.74 Å². The molecule has 0 N–H and O–H groups in total. The third kappa shape index (κ3) is 3.41. The fraction of sp³-hybridized carbons (Fsp3) is 0.0500. The molecule has 0 radical (unpaired) electrons. The average Bonchev–Trinajstić information content (AvgIpc) is 2.61. The Balaban J connectivity index is 1.71. The summed E-state index contributed by atoms with van der Waals surface area (Å²) in [5.74, 6) is 0.632. The van der Waals surface area contributed by atoms with Crippen molar-refractivity contribution in [2.75, 3.05) is 0 Å². The highest BCUT2D eigenvalue weighted by Gasteiger charge is 2.01. The summed E-state index contributed by atoms with van der Waals surface area (Å²) < 4.78 is 5.70. The van der Waals surface area contributed by atoms with Crippen molar-refractivity contribution < 1.29 is 4.74 Å². The molecule has 2 heteroatoms. The Bertz CT molecular complexity index is 748. The van der Waals surface area contributed by atoms with Crippen molar-refractivity contribution in [3.8, 4) is 17.0 Å². The van der Waals surface area contributed by atoms with E-state index in [-0.39, 0.29) is 0 Å². The lowest BCUT2D eigenvalue weighted by atomic mass is 10.1. The number of hydrogen-bond donors (Lipinski definition) is 0. The minimum absolute atomic E-state index is 0.527. The Morgan fingerprint density at radius 1 is 0.909 bits per heavy atom. The van der Waals surface area contributed by atoms with Gasteiger partial charge in [0.05, 0.1) is 0 Å². The fourth-order valence-electron chi connectivity index (χ4n) is 2.21. The van der Waals surface area contributed by atoms with E-state index in [1.54, 1.807) is 0 Å². The van der Waals surface area contributed by atoms with E-state index in [0.29, 0.717) is 12.5 Å². The number of hydrogen-bond acceptors (Lipinski definition) is 2. The Labute approximate surface area is 130 Å². The highest BCUT2D eigenvalue weighted by atomic mass is 16.5. The largest absolute Gasteiger partial charge is 0.473 e. The molecule has 22 heavy (non-hydrogen) atoms. The van der Waals surface area contributed by atoms with Gasteiger partial charge in [-0.05, 0) is 28.8 Å². The second-order valence-electron chi connectivity index (χ2n) is 4.99. The first-order valence-electron chi connectivity index (χ1n) is 7.21. The summed E-state index contributed by atoms with van der Waals surface area (Å²) in [6.07, 6.45) is 3.68. The van der Waals surface area contributed by atoms with Gasteiger partial charge in [-0.2, -0.15) is 0 Å². The van der Waals surface area contributed by atoms with Gasteiger partial charge in [0.2, 0.25) is 5.88 Å². The van der Waals surface area contributed by atoms with Crippen LogP contribution in [-0.2, 0) is 6.61 Å². The molecule has 0 aliphatic heterocycles. The fourth-order valence-corrected chi connectivity index (χ4v) is 2.21. The Hall–Kier alpha value is -2.87. The predicted octanol–water partition coefficient (Wildman–Crippen LogP) is 4.97. The third-order valence-corrected chi connectivity index (χ3v) is 3.42. The van der Waals surface area contributed by atoms with Crippen LogP contribution in [0, 0.1) is 0 Å². The maximum Gasteiger partial charge on any atom is 0.213 e. The maximum atomic E-state index is 5.70. The molecule has 0 aliphatic rings. The molecule has 1 aromatic heterocycles. The van der Waals surface area contributed by atoms with Crippen molar-refractivity contribution in [3.05, 3.63) is 90.6 Å². The number of pyridine rings is 1. The van der Waals surface area contributed by atoms with Gasteiger partial charge in [-0.3, -0.25) is 0 Å². The molecule has 108 valence electrons. The van der Waals surface area contributed by atoms with Crippen molar-refractivity contribution in [2.24, 2.45) is 0 Å². The van der Waals surface area contributed by atoms with Crippen LogP contribution in [0.15, 0.2) is 79.5 Å². The molecule has 0 spiro atoms. The van der Waals surface area contributed by atoms with Gasteiger partial charge in [-0.1, -0.05) is 61.2 Å². The molecular formula is C20H17NO. The van der Waals surface area contributed by atoms with Crippen molar-refractivity contribution in [1.29, 1.82) is 0 Å². The molecular weight excluding hydrogens is 270 g/mol. The molecule has 0 bridgehead atoms. The first-order chi connectivity index (χ1) is 10.8. The van der Waals surface area contributed by atoms with E-state index in [0.717, 1.165) is 22.3 Å². The van der Waals surface area contributed by atoms with Gasteiger partial charge >= 0.3 is 0 Å². The average molecular weight is 287 g/mol. The van der Waals surface area contributed by atoms with E-state index < -0.39 is 0 Å². The molecule has 0 fully saturated rings. The Kier molecular flexibility index (Phi) is 4.30. The highest BCUT2D eigenvalue weighted by molar-refractivity contribution is 5.66. The number of aromatic nitrogens is 1. The van der Waals surface area contributed by atoms with Crippen LogP contribution < -0.4 is 4.74 Å². The van der Waals surface area contributed by atoms with Crippen LogP contribution in [0.1, 0.15) is 11.1 Å². The van der Waals surface area contributed by atoms with Crippen LogP contribution in [0.25, 0.3) is 17.2 Å². The van der Waals surface area contributed by atoms with Crippen LogP contribution in [0.2, 0.25) is 0 Å². The monoisotopic (exact) mass is 287 g/mol. The van der Waals surface area contributed by atoms with E-state index in [9.17, 15) is 0 Å². The molecule has 3 aromatic rings. The summed E-state index contributed by atoms with van der Waals surface area (Å²) in [7, 11) is 0. The molecule has 2 nitrogen and oxygen atoms in total. The molecule has 1 heterocycles. The van der Waals surface area contributed by atoms with Crippen LogP contribution in [0.5, 0.6) is 5.88 Å². The number of nitrogens with zero attached hydrogens (tertiary/aromatic N) is 1. The van der Waals surface area contributed by atoms with E-state index in [2.05, 4.69) is 23.7 Å². The number of ether oxygens (including phenoxy) is 1. The van der Waals surface area contributed by atoms with Gasteiger partial charge in [0.1, 0.15) is 6.61 Å². The first-order valence-corrected chi connectivity index (χ1v) is 7.21. The molecule has 0 aliphatic carbocycles. The smallest absolute Gasteiger partial charge is 0.213 e. The Morgan fingerprint density at radius 3 is 2.50 bits per heavy atom. The van der Waals surface area contributed by atoms with Gasteiger partial charge in [0.25, 0.3) is 0 Å². The summed E-state index contributed by atoms with van der Waals surface area (Å²) in [5.41, 5.74) is 4.42. The third-order valence-electron chi connectivity index (χ3n) is 3.42. The Morgan fingerprint density at radius 2 is 1.77 bits per heavy atom. The minimum Gasteiger partial charge on any atom is -0.473 e. The van der Waals surface area contributed by atoms with Crippen LogP contribution >= 0.6 is 0 Å². The van der Waals surface area contributed by atoms with E-state index in [1.807, 2.05) is 66.9 Å². The van der Waals surface area contributed by atoms with Crippen LogP contribution in [0.4, 0.5) is 0 Å². The zero-order chi connectivity index (χ0) is 15.2. The summed E-state index contributed by atoms with van der Waals surface area (Å²) in [6.45, 7) is 4.32. The van der Waals surface area contributed by atoms with Crippen LogP contribution in [-0.4, -0.2) is 4.98 Å². The standard InChI is InChI=1S/C20H17NO/c1-2-16-9-6-10-18(13-16)19-11-12-20(21-14-19)22-15-17-7-4-3-5-8-17/h2-14H,1,15H2. The predicted molar refractivity (Wildman–Crippen MR) is 90.5 cm³/mol. The zero-order valence-corrected chi connectivity index (χ0v) is 12.3. The lowest BCUT2D eigenvalue weighted by Crippen LogP contribution is -1.96. The first kappa shape index (κ1) is 14.1. The lowest BCUT2D eigenvalue weighted by molar-refractivity contribution is 0.294. The van der Waals surface area contributed by atoms with Gasteiger partial charge in [0.15, 0.2) is 0 Å². The molecule has 0 unspecified atom stereocenters. The second kappa shape index (κ2) is 6.72. The molecule has 0 saturated heterocycles. The number of benzene rings is 2. The quantitative estimate of drug-likeness (QED) is 0.661. The summed E-state index contributed by atoms with van der Waals surface area (Å²) in [4.78, 5) is 4.38. The summed E-state index contributed by atoms with van der Waals surface area (Å²) in [6, 6.07) is 22.2. The minimum atomic E-state index is 0.527. The van der Waals surface area contributed by atoms with Crippen molar-refractivity contribution in [3.63, 3.8) is 0 Å². The topological polar surface area (TPSA) is 22.1 Å². The van der Waals surface area contributed by atoms with Gasteiger partial charge < -0.3 is 4.74 Å². The molecule has 3 rings (SSSR count). The molecule has 0 atom stereocenters. The zero-order valence-electron chi connectivity index (χ0n) is 12.3. The van der Waals surface area contributed by atoms with E-state index in [1.165, 1.54) is 0 Å². The van der Waals surface area contributed by atoms with Gasteiger partial charge in [-0.15, -0.1) is 0 Å². The van der Waals surface area contributed by atoms with Crippen LogP contribution in [0.3, 0.4) is 0 Å². The summed E-state index contributed by atoms with van der Waals surface area (Å²) >= 11 is 0. The second-order valence-corrected chi connectivity index (χ2v) is 4.99. The summed E-state index contributed by atoms with van der Waals surface area (Å²) in [5, 5.41) is 0. The maximum absolute atomic E-state index is 5.70. The SMILES string of the molecule is C=Cc1cccc(-c2ccc(OCc3ccccc3)nc2)c1. The van der Waals surface area contributed by atoms with Crippen molar-refractivity contribution in [1.82, 2.24) is 4.98 Å². The molecule has 2 aromatic carbocycles. The highest BCUT2D eigenvalue weighted by Crippen LogP contribution is 2.22. The number of rotatable bonds is 5. The molecule has 0 amide bonds. The van der Waals surface area contributed by atoms with Gasteiger partial charge in [-0.25, -0.2) is 4.98 Å². The molecule has 0 saturated carbocycles. The normalized spacial score (nSPS) is 10.2. The van der Waals surface area contributed by atoms with Crippen molar-refractivity contribution >= 4 is 6.08 Å². The van der Waals surface area contributed by atoms with Crippen molar-refractivity contribution in [2.45, 2.75) is 6.61 Å². The van der Waals surface area contributed by atoms with E-state index >= 15 is 0 Å². The van der Waals surface area contributed by atoms with Gasteiger partial charge in [0, 0.05) is 17.8 Å².